The average molecular weight is 279 g/mol. The van der Waals surface area contributed by atoms with Gasteiger partial charge in [-0.05, 0) is 17.7 Å². The maximum absolute atomic E-state index is 10.9. The number of carbonyl (C=O) groups is 1. The fourth-order valence-corrected chi connectivity index (χ4v) is 2.91. The van der Waals surface area contributed by atoms with Crippen molar-refractivity contribution in [1.29, 1.82) is 0 Å². The van der Waals surface area contributed by atoms with Gasteiger partial charge in [0, 0.05) is 12.8 Å². The summed E-state index contributed by atoms with van der Waals surface area (Å²) in [5, 5.41) is 10.8. The van der Waals surface area contributed by atoms with Crippen LogP contribution in [0.25, 0.3) is 0 Å². The maximum atomic E-state index is 10.9. The highest BCUT2D eigenvalue weighted by molar-refractivity contribution is 5.74. The number of primary amides is 1. The zero-order chi connectivity index (χ0) is 14.2. The Morgan fingerprint density at radius 1 is 1.30 bits per heavy atom. The van der Waals surface area contributed by atoms with Crippen LogP contribution in [0.2, 0.25) is 0 Å². The van der Waals surface area contributed by atoms with Crippen molar-refractivity contribution in [2.45, 2.75) is 18.4 Å². The number of hydrogen-bond donors (Lipinski definition) is 3. The first-order valence-electron chi connectivity index (χ1n) is 6.81. The van der Waals surface area contributed by atoms with Crippen LogP contribution in [0.5, 0.6) is 11.5 Å². The van der Waals surface area contributed by atoms with Crippen molar-refractivity contribution in [3.63, 3.8) is 0 Å². The van der Waals surface area contributed by atoms with Gasteiger partial charge in [0.05, 0.1) is 13.1 Å². The molecule has 0 aliphatic carbocycles. The molecule has 0 atom stereocenters. The number of ether oxygens (including phenoxy) is 2. The van der Waals surface area contributed by atoms with E-state index in [1.807, 2.05) is 18.2 Å². The Morgan fingerprint density at radius 3 is 2.70 bits per heavy atom. The van der Waals surface area contributed by atoms with E-state index in [2.05, 4.69) is 0 Å². The summed E-state index contributed by atoms with van der Waals surface area (Å²) in [7, 11) is 0. The predicted molar refractivity (Wildman–Crippen MR) is 70.5 cm³/mol. The zero-order valence-electron chi connectivity index (χ0n) is 11.2. The number of benzene rings is 1. The number of nitrogens with two attached hydrogens (primary N) is 1. The van der Waals surface area contributed by atoms with Gasteiger partial charge in [-0.1, -0.05) is 6.07 Å². The smallest absolute Gasteiger partial charge is 0.272 e. The van der Waals surface area contributed by atoms with Crippen LogP contribution in [0, 0.1) is 0 Å². The Hall–Kier alpha value is -1.79. The molecule has 2 aliphatic rings. The second-order valence-electron chi connectivity index (χ2n) is 5.49. The lowest BCUT2D eigenvalue weighted by atomic mass is 9.84. The van der Waals surface area contributed by atoms with Crippen molar-refractivity contribution in [2.75, 3.05) is 26.4 Å². The monoisotopic (exact) mass is 279 g/mol. The van der Waals surface area contributed by atoms with Gasteiger partial charge in [-0.2, -0.15) is 0 Å². The third kappa shape index (κ3) is 2.44. The summed E-state index contributed by atoms with van der Waals surface area (Å²) in [5.74, 6) is 1.10. The molecule has 1 fully saturated rings. The van der Waals surface area contributed by atoms with Crippen LogP contribution < -0.4 is 20.1 Å². The van der Waals surface area contributed by atoms with Crippen LogP contribution in [0.1, 0.15) is 18.4 Å². The average Bonchev–Trinajstić information content (AvgIpc) is 2.88. The van der Waals surface area contributed by atoms with E-state index >= 15 is 0 Å². The standard InChI is InChI=1S/C14H18N2O4/c15-13(17)8-16-5-3-14(18,4-6-16)10-1-2-11-12(7-10)20-9-19-11/h1-2,7,18H,3-6,8-9H2,(H2,15,17)/p+1. The first kappa shape index (κ1) is 13.2. The molecule has 0 aromatic heterocycles. The Labute approximate surface area is 117 Å². The summed E-state index contributed by atoms with van der Waals surface area (Å²) in [6.07, 6.45) is 1.21. The van der Waals surface area contributed by atoms with Crippen molar-refractivity contribution in [3.05, 3.63) is 23.8 Å². The minimum atomic E-state index is -0.859. The number of nitrogens with one attached hydrogen (secondary N) is 1. The maximum Gasteiger partial charge on any atom is 0.272 e. The fraction of sp³-hybridized carbons (Fsp3) is 0.500. The molecule has 6 heteroatoms. The number of aliphatic hydroxyl groups is 1. The van der Waals surface area contributed by atoms with Gasteiger partial charge in [-0.3, -0.25) is 4.79 Å². The molecule has 2 aliphatic heterocycles. The van der Waals surface area contributed by atoms with Crippen molar-refractivity contribution >= 4 is 5.91 Å². The molecule has 1 aromatic rings. The molecule has 1 saturated heterocycles. The molecule has 0 spiro atoms. The Bertz CT molecular complexity index is 524. The molecule has 0 radical (unpaired) electrons. The largest absolute Gasteiger partial charge is 0.454 e. The predicted octanol–water partition coefficient (Wildman–Crippen LogP) is -1.23. The van der Waals surface area contributed by atoms with Crippen LogP contribution in [-0.4, -0.2) is 37.4 Å². The first-order chi connectivity index (χ1) is 9.57. The van der Waals surface area contributed by atoms with Gasteiger partial charge in [0.2, 0.25) is 6.79 Å². The summed E-state index contributed by atoms with van der Waals surface area (Å²) in [6, 6.07) is 5.56. The lowest BCUT2D eigenvalue weighted by Crippen LogP contribution is -3.14. The number of rotatable bonds is 3. The molecule has 20 heavy (non-hydrogen) atoms. The highest BCUT2D eigenvalue weighted by atomic mass is 16.7. The van der Waals surface area contributed by atoms with Gasteiger partial charge in [0.15, 0.2) is 18.0 Å². The van der Waals surface area contributed by atoms with Crippen molar-refractivity contribution in [2.24, 2.45) is 5.73 Å². The van der Waals surface area contributed by atoms with Gasteiger partial charge < -0.3 is 25.2 Å². The van der Waals surface area contributed by atoms with E-state index in [1.165, 1.54) is 0 Å². The first-order valence-corrected chi connectivity index (χ1v) is 6.81. The molecular weight excluding hydrogens is 260 g/mol. The third-order valence-electron chi connectivity index (χ3n) is 4.12. The van der Waals surface area contributed by atoms with Crippen molar-refractivity contribution in [3.8, 4) is 11.5 Å². The summed E-state index contributed by atoms with van der Waals surface area (Å²) in [6.45, 7) is 2.02. The molecule has 0 bridgehead atoms. The number of fused-ring (bicyclic) bond motifs is 1. The Morgan fingerprint density at radius 2 is 2.00 bits per heavy atom. The van der Waals surface area contributed by atoms with Gasteiger partial charge in [-0.25, -0.2) is 0 Å². The molecule has 0 unspecified atom stereocenters. The van der Waals surface area contributed by atoms with Crippen molar-refractivity contribution < 1.29 is 24.3 Å². The van der Waals surface area contributed by atoms with E-state index < -0.39 is 5.60 Å². The third-order valence-corrected chi connectivity index (χ3v) is 4.12. The van der Waals surface area contributed by atoms with Gasteiger partial charge in [0.1, 0.15) is 5.60 Å². The van der Waals surface area contributed by atoms with E-state index in [0.717, 1.165) is 23.6 Å². The minimum absolute atomic E-state index is 0.230. The Kier molecular flexibility index (Phi) is 3.27. The second-order valence-corrected chi connectivity index (χ2v) is 5.49. The highest BCUT2D eigenvalue weighted by Gasteiger charge is 2.37. The number of piperidine rings is 1. The van der Waals surface area contributed by atoms with Crippen LogP contribution in [-0.2, 0) is 10.4 Å². The summed E-state index contributed by atoms with van der Waals surface area (Å²) < 4.78 is 10.6. The van der Waals surface area contributed by atoms with E-state index in [-0.39, 0.29) is 12.7 Å². The van der Waals surface area contributed by atoms with Gasteiger partial charge in [-0.15, -0.1) is 0 Å². The summed E-state index contributed by atoms with van der Waals surface area (Å²) in [4.78, 5) is 12.1. The van der Waals surface area contributed by atoms with E-state index in [0.29, 0.717) is 30.9 Å². The normalized spacial score (nSPS) is 28.4. The van der Waals surface area contributed by atoms with Crippen molar-refractivity contribution in [1.82, 2.24) is 0 Å². The molecule has 6 nitrogen and oxygen atoms in total. The minimum Gasteiger partial charge on any atom is -0.454 e. The topological polar surface area (TPSA) is 86.2 Å². The summed E-state index contributed by atoms with van der Waals surface area (Å²) in [5.41, 5.74) is 5.20. The van der Waals surface area contributed by atoms with Crippen LogP contribution in [0.3, 0.4) is 0 Å². The number of likely N-dealkylation sites (tertiary alicyclic amines) is 1. The van der Waals surface area contributed by atoms with Crippen LogP contribution in [0.4, 0.5) is 0 Å². The molecule has 0 saturated carbocycles. The number of hydrogen-bond acceptors (Lipinski definition) is 4. The van der Waals surface area contributed by atoms with Gasteiger partial charge >= 0.3 is 0 Å². The molecule has 108 valence electrons. The fourth-order valence-electron chi connectivity index (χ4n) is 2.91. The molecular formula is C14H19N2O4+. The van der Waals surface area contributed by atoms with E-state index in [9.17, 15) is 9.90 Å². The molecule has 4 N–H and O–H groups in total. The lowest BCUT2D eigenvalue weighted by molar-refractivity contribution is -0.899. The number of carbonyl (C=O) groups excluding carboxylic acids is 1. The van der Waals surface area contributed by atoms with E-state index in [4.69, 9.17) is 15.2 Å². The molecule has 1 amide bonds. The second kappa shape index (κ2) is 4.96. The van der Waals surface area contributed by atoms with Crippen LogP contribution in [0.15, 0.2) is 18.2 Å². The summed E-state index contributed by atoms with van der Waals surface area (Å²) >= 11 is 0. The molecule has 1 aromatic carbocycles. The van der Waals surface area contributed by atoms with Crippen LogP contribution >= 0.6 is 0 Å². The Balaban J connectivity index is 1.72. The number of amides is 1. The molecule has 2 heterocycles. The lowest BCUT2D eigenvalue weighted by Gasteiger charge is -2.35. The SMILES string of the molecule is NC(=O)C[NH+]1CCC(O)(c2ccc3c(c2)OCO3)CC1. The highest BCUT2D eigenvalue weighted by Crippen LogP contribution is 2.38. The quantitative estimate of drug-likeness (QED) is 0.646. The molecule has 3 rings (SSSR count). The van der Waals surface area contributed by atoms with Gasteiger partial charge in [0.25, 0.3) is 5.91 Å². The number of quaternary nitrogens is 1. The van der Waals surface area contributed by atoms with E-state index in [1.54, 1.807) is 0 Å². The zero-order valence-corrected chi connectivity index (χ0v) is 11.2.